The van der Waals surface area contributed by atoms with E-state index in [1.165, 1.54) is 6.20 Å². The average molecular weight is 601 g/mol. The van der Waals surface area contributed by atoms with Crippen molar-refractivity contribution in [2.75, 3.05) is 19.6 Å². The maximum absolute atomic E-state index is 13.5. The van der Waals surface area contributed by atoms with Crippen molar-refractivity contribution in [3.63, 3.8) is 0 Å². The van der Waals surface area contributed by atoms with Crippen LogP contribution < -0.4 is 10.3 Å². The monoisotopic (exact) mass is 601 g/mol. The Labute approximate surface area is 211 Å². The van der Waals surface area contributed by atoms with E-state index in [-0.39, 0.29) is 12.5 Å². The van der Waals surface area contributed by atoms with Gasteiger partial charge in [0.1, 0.15) is 17.7 Å². The highest BCUT2D eigenvalue weighted by Gasteiger charge is 2.53. The van der Waals surface area contributed by atoms with E-state index in [9.17, 15) is 13.6 Å². The molecule has 1 saturated heterocycles. The van der Waals surface area contributed by atoms with E-state index in [0.29, 0.717) is 17.4 Å². The van der Waals surface area contributed by atoms with Gasteiger partial charge in [-0.15, -0.1) is 0 Å². The van der Waals surface area contributed by atoms with E-state index in [1.54, 1.807) is 0 Å². The SMILES string of the molecule is Cc1ncc2ccc(OC3CC4(C3)CN(CCCc3cnn(PI)c(=O)c3C(F)F)C4)c(C)n12. The second-order valence-electron chi connectivity index (χ2n) is 9.50. The lowest BCUT2D eigenvalue weighted by Gasteiger charge is -2.58. The number of imidazole rings is 1. The topological polar surface area (TPSA) is 64.7 Å². The van der Waals surface area contributed by atoms with Gasteiger partial charge in [0.25, 0.3) is 12.0 Å². The van der Waals surface area contributed by atoms with Crippen LogP contribution in [0, 0.1) is 19.3 Å². The van der Waals surface area contributed by atoms with Crippen molar-refractivity contribution in [1.29, 1.82) is 0 Å². The minimum atomic E-state index is -2.77. The van der Waals surface area contributed by atoms with Crippen molar-refractivity contribution in [2.45, 2.75) is 52.1 Å². The molecule has 2 aliphatic rings. The van der Waals surface area contributed by atoms with Crippen LogP contribution in [0.15, 0.2) is 29.3 Å². The molecule has 1 aliphatic carbocycles. The van der Waals surface area contributed by atoms with Crippen molar-refractivity contribution >= 4 is 33.9 Å². The van der Waals surface area contributed by atoms with E-state index < -0.39 is 17.5 Å². The number of halogens is 3. The summed E-state index contributed by atoms with van der Waals surface area (Å²) in [7, 11) is 0. The van der Waals surface area contributed by atoms with Gasteiger partial charge in [0.2, 0.25) is 0 Å². The number of hydrogen-bond acceptors (Lipinski definition) is 5. The molecule has 0 radical (unpaired) electrons. The van der Waals surface area contributed by atoms with Gasteiger partial charge in [0, 0.05) is 18.5 Å². The summed E-state index contributed by atoms with van der Waals surface area (Å²) in [4.78, 5) is 18.9. The quantitative estimate of drug-likeness (QED) is 0.277. The van der Waals surface area contributed by atoms with Gasteiger partial charge in [-0.1, -0.05) is 0 Å². The zero-order valence-electron chi connectivity index (χ0n) is 19.1. The van der Waals surface area contributed by atoms with Crippen LogP contribution in [0.4, 0.5) is 8.78 Å². The van der Waals surface area contributed by atoms with Gasteiger partial charge in [0.05, 0.1) is 35.5 Å². The van der Waals surface area contributed by atoms with Crippen molar-refractivity contribution in [3.8, 4) is 5.75 Å². The fraction of sp³-hybridized carbons (Fsp3) is 0.522. The first kappa shape index (κ1) is 24.1. The fourth-order valence-corrected chi connectivity index (χ4v) is 6.84. The lowest BCUT2D eigenvalue weighted by molar-refractivity contribution is -0.119. The van der Waals surface area contributed by atoms with Crippen molar-refractivity contribution in [3.05, 3.63) is 57.5 Å². The fourth-order valence-electron chi connectivity index (χ4n) is 5.51. The van der Waals surface area contributed by atoms with Gasteiger partial charge >= 0.3 is 0 Å². The Bertz CT molecular complexity index is 1270. The Kier molecular flexibility index (Phi) is 6.67. The Hall–Kier alpha value is -1.65. The summed E-state index contributed by atoms with van der Waals surface area (Å²) in [6, 6.07) is 4.08. The van der Waals surface area contributed by atoms with E-state index in [1.807, 2.05) is 47.3 Å². The normalized spacial score (nSPS) is 18.3. The average Bonchev–Trinajstić information content (AvgIpc) is 3.13. The van der Waals surface area contributed by atoms with Crippen LogP contribution in [-0.4, -0.2) is 49.6 Å². The third-order valence-electron chi connectivity index (χ3n) is 7.11. The summed E-state index contributed by atoms with van der Waals surface area (Å²) in [5, 5.41) is 4.03. The maximum atomic E-state index is 13.5. The molecule has 11 heteroatoms. The molecular formula is C23H27F2IN5O2P. The molecule has 34 heavy (non-hydrogen) atoms. The number of aryl methyl sites for hydroxylation is 3. The molecule has 2 fully saturated rings. The predicted molar refractivity (Wildman–Crippen MR) is 137 cm³/mol. The van der Waals surface area contributed by atoms with Crippen molar-refractivity contribution in [1.82, 2.24) is 23.8 Å². The molecule has 182 valence electrons. The molecule has 0 N–H and O–H groups in total. The molecule has 1 saturated carbocycles. The third-order valence-corrected chi connectivity index (χ3v) is 8.96. The standard InChI is InChI=1S/C23H27F2IN5O2P/c1-14-19(6-5-17-11-27-15(2)30(14)17)33-18-8-23(9-18)12-29(13-23)7-3-4-16-10-28-31(34-26)22(32)20(16)21(24)25/h5-6,10-11,18,21,34H,3-4,7-9,12-13H2,1-2H3. The summed E-state index contributed by atoms with van der Waals surface area (Å²) in [6.45, 7) is 6.93. The van der Waals surface area contributed by atoms with E-state index in [0.717, 1.165) is 66.1 Å². The van der Waals surface area contributed by atoms with E-state index in [4.69, 9.17) is 4.74 Å². The third kappa shape index (κ3) is 4.37. The van der Waals surface area contributed by atoms with Crippen LogP contribution in [0.1, 0.15) is 48.3 Å². The highest BCUT2D eigenvalue weighted by Crippen LogP contribution is 2.49. The number of aromatic nitrogens is 4. The Morgan fingerprint density at radius 1 is 1.26 bits per heavy atom. The van der Waals surface area contributed by atoms with Gasteiger partial charge < -0.3 is 9.64 Å². The largest absolute Gasteiger partial charge is 0.489 e. The molecule has 0 bridgehead atoms. The summed E-state index contributed by atoms with van der Waals surface area (Å²) in [5.74, 6) is 1.87. The molecule has 3 aromatic heterocycles. The second kappa shape index (κ2) is 9.43. The van der Waals surface area contributed by atoms with Crippen LogP contribution in [0.2, 0.25) is 0 Å². The molecule has 1 atom stereocenters. The minimum absolute atomic E-state index is 0.0127. The van der Waals surface area contributed by atoms with Gasteiger partial charge in [-0.05, 0) is 85.8 Å². The number of hydrogen-bond donors (Lipinski definition) is 0. The summed E-state index contributed by atoms with van der Waals surface area (Å²) >= 11 is 1.97. The maximum Gasteiger partial charge on any atom is 0.279 e. The second-order valence-corrected chi connectivity index (χ2v) is 11.5. The number of fused-ring (bicyclic) bond motifs is 1. The number of pyridine rings is 1. The predicted octanol–water partition coefficient (Wildman–Crippen LogP) is 4.71. The summed E-state index contributed by atoms with van der Waals surface area (Å²) in [5.41, 5.74) is 1.79. The van der Waals surface area contributed by atoms with Gasteiger partial charge in [0.15, 0.2) is 0 Å². The molecule has 1 unspecified atom stereocenters. The highest BCUT2D eigenvalue weighted by atomic mass is 127. The summed E-state index contributed by atoms with van der Waals surface area (Å²) in [6.07, 6.45) is 4.03. The zero-order valence-corrected chi connectivity index (χ0v) is 22.3. The molecule has 0 aromatic carbocycles. The molecule has 1 aliphatic heterocycles. The number of likely N-dealkylation sites (tertiary alicyclic amines) is 1. The molecule has 3 aromatic rings. The Morgan fingerprint density at radius 3 is 2.74 bits per heavy atom. The summed E-state index contributed by atoms with van der Waals surface area (Å²) < 4.78 is 36.4. The molecule has 5 rings (SSSR count). The minimum Gasteiger partial charge on any atom is -0.489 e. The first-order chi connectivity index (χ1) is 16.3. The molecular weight excluding hydrogens is 574 g/mol. The number of rotatable bonds is 8. The van der Waals surface area contributed by atoms with Crippen LogP contribution >= 0.6 is 28.4 Å². The lowest BCUT2D eigenvalue weighted by atomic mass is 9.61. The molecule has 0 amide bonds. The first-order valence-corrected chi connectivity index (χ1v) is 15.4. The van der Waals surface area contributed by atoms with Gasteiger partial charge in [-0.2, -0.15) is 5.10 Å². The van der Waals surface area contributed by atoms with Crippen LogP contribution in [-0.2, 0) is 6.42 Å². The molecule has 4 heterocycles. The molecule has 1 spiro atoms. The van der Waals surface area contributed by atoms with E-state index >= 15 is 0 Å². The van der Waals surface area contributed by atoms with Crippen LogP contribution in [0.5, 0.6) is 5.75 Å². The van der Waals surface area contributed by atoms with Crippen LogP contribution in [0.3, 0.4) is 0 Å². The Balaban J connectivity index is 1.10. The Morgan fingerprint density at radius 2 is 2.03 bits per heavy atom. The van der Waals surface area contributed by atoms with Gasteiger partial charge in [-0.3, -0.25) is 9.20 Å². The first-order valence-electron chi connectivity index (χ1n) is 11.4. The van der Waals surface area contributed by atoms with Gasteiger partial charge in [-0.25, -0.2) is 18.2 Å². The van der Waals surface area contributed by atoms with Crippen molar-refractivity contribution in [2.24, 2.45) is 5.41 Å². The number of nitrogens with zero attached hydrogens (tertiary/aromatic N) is 5. The zero-order chi connectivity index (χ0) is 24.0. The number of ether oxygens (including phenoxy) is 1. The molecule has 7 nitrogen and oxygen atoms in total. The number of alkyl halides is 2. The lowest BCUT2D eigenvalue weighted by Crippen LogP contribution is -2.64. The highest BCUT2D eigenvalue weighted by molar-refractivity contribution is 14.2. The van der Waals surface area contributed by atoms with E-state index in [2.05, 4.69) is 26.3 Å². The smallest absolute Gasteiger partial charge is 0.279 e. The van der Waals surface area contributed by atoms with Crippen molar-refractivity contribution < 1.29 is 13.5 Å². The van der Waals surface area contributed by atoms with Crippen LogP contribution in [0.25, 0.3) is 5.52 Å².